The van der Waals surface area contributed by atoms with Crippen LogP contribution in [0.4, 0.5) is 5.69 Å². The maximum Gasteiger partial charge on any atom is 0.251 e. The molecule has 1 aliphatic rings. The number of benzene rings is 1. The summed E-state index contributed by atoms with van der Waals surface area (Å²) >= 11 is 0. The maximum atomic E-state index is 2.56. The summed E-state index contributed by atoms with van der Waals surface area (Å²) < 4.78 is 2.56. The maximum absolute atomic E-state index is 2.56. The van der Waals surface area contributed by atoms with Gasteiger partial charge in [-0.05, 0) is 51.5 Å². The van der Waals surface area contributed by atoms with Gasteiger partial charge in [-0.15, -0.1) is 0 Å². The average molecular weight is 261 g/mol. The Kier molecular flexibility index (Phi) is 3.36. The Morgan fingerprint density at radius 2 is 1.61 bits per heavy atom. The Labute approximate surface area is 112 Å². The normalized spacial score (nSPS) is 16.1. The van der Waals surface area contributed by atoms with E-state index in [4.69, 9.17) is 0 Å². The summed E-state index contributed by atoms with van der Waals surface area (Å²) in [5.41, 5.74) is 5.54. The first-order valence-corrected chi connectivity index (χ1v) is 10.2. The zero-order valence-corrected chi connectivity index (χ0v) is 13.5. The van der Waals surface area contributed by atoms with E-state index < -0.39 is 8.24 Å². The van der Waals surface area contributed by atoms with Crippen molar-refractivity contribution in [1.82, 2.24) is 0 Å². The molecule has 1 aromatic rings. The highest BCUT2D eigenvalue weighted by Crippen LogP contribution is 2.26. The van der Waals surface area contributed by atoms with Crippen molar-refractivity contribution in [1.29, 1.82) is 0 Å². The Hall–Kier alpha value is -1.09. The molecule has 0 aliphatic carbocycles. The fourth-order valence-electron chi connectivity index (χ4n) is 2.80. The van der Waals surface area contributed by atoms with E-state index in [1.807, 2.05) is 0 Å². The third-order valence-corrected chi connectivity index (χ3v) is 5.71. The molecule has 0 bridgehead atoms. The van der Waals surface area contributed by atoms with Gasteiger partial charge in [0.1, 0.15) is 18.8 Å². The molecule has 1 heterocycles. The molecule has 3 heteroatoms. The molecule has 1 aliphatic heterocycles. The van der Waals surface area contributed by atoms with Crippen LogP contribution < -0.4 is 4.90 Å². The van der Waals surface area contributed by atoms with Crippen molar-refractivity contribution in [3.8, 4) is 0 Å². The van der Waals surface area contributed by atoms with Crippen LogP contribution in [0, 0.1) is 20.8 Å². The van der Waals surface area contributed by atoms with Gasteiger partial charge in [-0.1, -0.05) is 17.7 Å². The first kappa shape index (κ1) is 13.3. The summed E-state index contributed by atoms with van der Waals surface area (Å²) in [6, 6.07) is 4.57. The summed E-state index contributed by atoms with van der Waals surface area (Å²) in [6.07, 6.45) is 2.34. The van der Waals surface area contributed by atoms with Crippen LogP contribution in [0.3, 0.4) is 0 Å². The molecule has 1 aromatic carbocycles. The fourth-order valence-corrected chi connectivity index (χ4v) is 4.06. The third kappa shape index (κ3) is 2.51. The van der Waals surface area contributed by atoms with Crippen LogP contribution >= 0.6 is 0 Å². The van der Waals surface area contributed by atoms with E-state index in [-0.39, 0.29) is 0 Å². The van der Waals surface area contributed by atoms with Crippen molar-refractivity contribution in [2.75, 3.05) is 18.0 Å². The predicted octanol–water partition coefficient (Wildman–Crippen LogP) is 3.31. The van der Waals surface area contributed by atoms with Gasteiger partial charge in [-0.3, -0.25) is 0 Å². The van der Waals surface area contributed by atoms with Crippen LogP contribution in [0.1, 0.15) is 16.7 Å². The Bertz CT molecular complexity index is 475. The minimum Gasteiger partial charge on any atom is -0.313 e. The highest BCUT2D eigenvalue weighted by Gasteiger charge is 2.32. The SMILES string of the molecule is Cc1cc(C)c(N2C=[N+]([Si](C)(C)C)CC2)c(C)c1. The summed E-state index contributed by atoms with van der Waals surface area (Å²) in [5.74, 6) is 0. The van der Waals surface area contributed by atoms with Crippen molar-refractivity contribution in [2.45, 2.75) is 40.4 Å². The van der Waals surface area contributed by atoms with Gasteiger partial charge < -0.3 is 4.24 Å². The Morgan fingerprint density at radius 1 is 1.06 bits per heavy atom. The van der Waals surface area contributed by atoms with Crippen LogP contribution in [-0.2, 0) is 0 Å². The van der Waals surface area contributed by atoms with E-state index in [0.717, 1.165) is 6.54 Å². The number of anilines is 1. The van der Waals surface area contributed by atoms with Crippen LogP contribution in [0.25, 0.3) is 0 Å². The van der Waals surface area contributed by atoms with Gasteiger partial charge in [0.2, 0.25) is 6.34 Å². The number of hydrogen-bond acceptors (Lipinski definition) is 1. The smallest absolute Gasteiger partial charge is 0.251 e. The van der Waals surface area contributed by atoms with Crippen LogP contribution in [0.5, 0.6) is 0 Å². The van der Waals surface area contributed by atoms with E-state index in [9.17, 15) is 0 Å². The summed E-state index contributed by atoms with van der Waals surface area (Å²) in [6.45, 7) is 16.1. The molecule has 0 saturated heterocycles. The second-order valence-electron chi connectivity index (χ2n) is 6.42. The molecule has 0 amide bonds. The standard InChI is InChI=1S/C15H25N2Si/c1-12-9-13(2)15(14(3)10-12)16-7-8-17(11-16)18(4,5)6/h9-11H,7-8H2,1-6H3/q+1. The Morgan fingerprint density at radius 3 is 2.06 bits per heavy atom. The van der Waals surface area contributed by atoms with E-state index in [1.54, 1.807) is 0 Å². The van der Waals surface area contributed by atoms with Crippen molar-refractivity contribution in [2.24, 2.45) is 0 Å². The number of hydrogen-bond donors (Lipinski definition) is 0. The van der Waals surface area contributed by atoms with Gasteiger partial charge in [0.15, 0.2) is 0 Å². The van der Waals surface area contributed by atoms with Gasteiger partial charge in [-0.25, -0.2) is 4.90 Å². The summed E-state index contributed by atoms with van der Waals surface area (Å²) in [4.78, 5) is 2.43. The average Bonchev–Trinajstić information content (AvgIpc) is 2.64. The Balaban J connectivity index is 2.38. The fraction of sp³-hybridized carbons (Fsp3) is 0.533. The van der Waals surface area contributed by atoms with E-state index >= 15 is 0 Å². The molecule has 0 atom stereocenters. The largest absolute Gasteiger partial charge is 0.313 e. The lowest BCUT2D eigenvalue weighted by molar-refractivity contribution is -0.381. The topological polar surface area (TPSA) is 6.25 Å². The van der Waals surface area contributed by atoms with Crippen LogP contribution in [-0.4, -0.2) is 31.9 Å². The quantitative estimate of drug-likeness (QED) is 0.740. The van der Waals surface area contributed by atoms with Crippen LogP contribution in [0.2, 0.25) is 19.6 Å². The molecule has 0 N–H and O–H groups in total. The van der Waals surface area contributed by atoms with Crippen molar-refractivity contribution < 1.29 is 4.24 Å². The molecule has 18 heavy (non-hydrogen) atoms. The number of rotatable bonds is 2. The number of nitrogens with zero attached hydrogens (tertiary/aromatic N) is 2. The first-order valence-electron chi connectivity index (χ1n) is 6.75. The second-order valence-corrected chi connectivity index (χ2v) is 11.3. The highest BCUT2D eigenvalue weighted by molar-refractivity contribution is 6.68. The molecular weight excluding hydrogens is 236 g/mol. The minimum absolute atomic E-state index is 1.12. The molecular formula is C15H25N2Si+. The van der Waals surface area contributed by atoms with Gasteiger partial charge in [0.05, 0.1) is 0 Å². The number of aryl methyl sites for hydroxylation is 3. The highest BCUT2D eigenvalue weighted by atomic mass is 28.3. The van der Waals surface area contributed by atoms with E-state index in [2.05, 4.69) is 68.0 Å². The molecule has 0 unspecified atom stereocenters. The van der Waals surface area contributed by atoms with Gasteiger partial charge in [0, 0.05) is 0 Å². The zero-order chi connectivity index (χ0) is 13.5. The molecule has 0 fully saturated rings. The van der Waals surface area contributed by atoms with Gasteiger partial charge >= 0.3 is 0 Å². The van der Waals surface area contributed by atoms with Crippen molar-refractivity contribution in [3.63, 3.8) is 0 Å². The molecule has 0 saturated carbocycles. The van der Waals surface area contributed by atoms with Crippen molar-refractivity contribution >= 4 is 20.3 Å². The molecule has 2 nitrogen and oxygen atoms in total. The first-order chi connectivity index (χ1) is 8.29. The second kappa shape index (κ2) is 4.54. The lowest BCUT2D eigenvalue weighted by Crippen LogP contribution is -2.37. The minimum atomic E-state index is -1.21. The van der Waals surface area contributed by atoms with Gasteiger partial charge in [-0.2, -0.15) is 0 Å². The lowest BCUT2D eigenvalue weighted by Gasteiger charge is -2.15. The molecule has 2 rings (SSSR count). The monoisotopic (exact) mass is 261 g/mol. The van der Waals surface area contributed by atoms with Gasteiger partial charge in [0.25, 0.3) is 8.24 Å². The van der Waals surface area contributed by atoms with E-state index in [1.165, 1.54) is 28.9 Å². The molecule has 0 aromatic heterocycles. The molecule has 98 valence electrons. The summed E-state index contributed by atoms with van der Waals surface area (Å²) in [5, 5.41) is 0. The predicted molar refractivity (Wildman–Crippen MR) is 82.5 cm³/mol. The lowest BCUT2D eigenvalue weighted by atomic mass is 10.0. The molecule has 0 spiro atoms. The third-order valence-electron chi connectivity index (χ3n) is 3.64. The summed E-state index contributed by atoms with van der Waals surface area (Å²) in [7, 11) is -1.21. The molecule has 0 radical (unpaired) electrons. The zero-order valence-electron chi connectivity index (χ0n) is 12.5. The van der Waals surface area contributed by atoms with Crippen LogP contribution in [0.15, 0.2) is 12.1 Å². The van der Waals surface area contributed by atoms with Crippen molar-refractivity contribution in [3.05, 3.63) is 28.8 Å². The van der Waals surface area contributed by atoms with E-state index in [0.29, 0.717) is 0 Å².